The van der Waals surface area contributed by atoms with Crippen LogP contribution < -0.4 is 10.3 Å². The molecule has 28 heavy (non-hydrogen) atoms. The normalized spacial score (nSPS) is 12.9. The molecule has 1 aliphatic rings. The average Bonchev–Trinajstić information content (AvgIpc) is 2.71. The summed E-state index contributed by atoms with van der Waals surface area (Å²) in [6, 6.07) is 12.4. The van der Waals surface area contributed by atoms with E-state index in [2.05, 4.69) is 9.97 Å². The summed E-state index contributed by atoms with van der Waals surface area (Å²) in [4.78, 5) is 34.1. The van der Waals surface area contributed by atoms with Crippen molar-refractivity contribution in [3.05, 3.63) is 74.8 Å². The molecule has 0 fully saturated rings. The van der Waals surface area contributed by atoms with Crippen molar-refractivity contribution in [3.8, 4) is 5.75 Å². The lowest BCUT2D eigenvalue weighted by Crippen LogP contribution is -2.35. The van der Waals surface area contributed by atoms with Crippen molar-refractivity contribution in [3.63, 3.8) is 0 Å². The molecule has 0 radical (unpaired) electrons. The fourth-order valence-corrected chi connectivity index (χ4v) is 3.37. The van der Waals surface area contributed by atoms with Crippen LogP contribution in [0.1, 0.15) is 18.3 Å². The number of carbonyl (C=O) groups is 1. The number of para-hydroxylation sites is 1. The molecule has 0 aliphatic carbocycles. The Hall–Kier alpha value is -3.12. The smallest absolute Gasteiger partial charge is 0.258 e. The Morgan fingerprint density at radius 1 is 1.29 bits per heavy atom. The monoisotopic (exact) mass is 395 g/mol. The molecule has 0 saturated heterocycles. The number of hydrogen-bond donors (Lipinski definition) is 1. The molecule has 0 bridgehead atoms. The highest BCUT2D eigenvalue weighted by atomic mass is 35.5. The van der Waals surface area contributed by atoms with Crippen molar-refractivity contribution in [2.75, 3.05) is 13.2 Å². The molecule has 142 valence electrons. The number of benzene rings is 2. The number of carbonyl (C=O) groups excluding carboxylic acids is 1. The maximum atomic E-state index is 13.0. The molecule has 6 nitrogen and oxygen atoms in total. The number of nitrogens with one attached hydrogen (secondary N) is 1. The molecular formula is C21H18ClN3O3. The van der Waals surface area contributed by atoms with Crippen molar-refractivity contribution in [1.29, 1.82) is 0 Å². The number of rotatable bonds is 4. The molecule has 0 atom stereocenters. The molecule has 0 spiro atoms. The number of likely N-dealkylation sites (N-methyl/N-ethyl adjacent to an activating group) is 1. The van der Waals surface area contributed by atoms with E-state index in [-0.39, 0.29) is 24.6 Å². The van der Waals surface area contributed by atoms with Crippen LogP contribution in [-0.4, -0.2) is 33.9 Å². The maximum absolute atomic E-state index is 13.0. The van der Waals surface area contributed by atoms with Crippen LogP contribution in [-0.2, 0) is 11.3 Å². The fourth-order valence-electron chi connectivity index (χ4n) is 3.19. The van der Waals surface area contributed by atoms with Crippen LogP contribution >= 0.6 is 11.6 Å². The number of nitrogens with zero attached hydrogens (tertiary/aromatic N) is 2. The molecule has 2 aromatic carbocycles. The van der Waals surface area contributed by atoms with E-state index in [0.29, 0.717) is 39.6 Å². The molecule has 1 N–H and O–H groups in total. The first-order chi connectivity index (χ1) is 13.5. The van der Waals surface area contributed by atoms with Gasteiger partial charge in [-0.2, -0.15) is 0 Å². The third-order valence-corrected chi connectivity index (χ3v) is 4.87. The number of hydrogen-bond acceptors (Lipinski definition) is 4. The van der Waals surface area contributed by atoms with Crippen LogP contribution in [0.15, 0.2) is 52.8 Å². The topological polar surface area (TPSA) is 75.3 Å². The van der Waals surface area contributed by atoms with Gasteiger partial charge in [-0.15, -0.1) is 0 Å². The van der Waals surface area contributed by atoms with Gasteiger partial charge < -0.3 is 14.6 Å². The standard InChI is InChI=1S/C21H18ClN3O3/c1-2-25(11-19-23-17-6-4-3-5-16(17)20(26)24-19)21(27)14-9-13-10-15(22)7-8-18(13)28-12-14/h3-10H,2,11-12H2,1H3,(H,23,24,26). The zero-order chi connectivity index (χ0) is 19.7. The number of amides is 1. The van der Waals surface area contributed by atoms with Crippen molar-refractivity contribution in [2.45, 2.75) is 13.5 Å². The van der Waals surface area contributed by atoms with Crippen LogP contribution in [0, 0.1) is 0 Å². The predicted octanol–water partition coefficient (Wildman–Crippen LogP) is 3.40. The minimum atomic E-state index is -0.215. The quantitative estimate of drug-likeness (QED) is 0.734. The van der Waals surface area contributed by atoms with Crippen LogP contribution in [0.5, 0.6) is 5.75 Å². The predicted molar refractivity (Wildman–Crippen MR) is 108 cm³/mol. The minimum absolute atomic E-state index is 0.163. The molecule has 1 aromatic heterocycles. The third-order valence-electron chi connectivity index (χ3n) is 4.63. The zero-order valence-electron chi connectivity index (χ0n) is 15.2. The molecule has 1 amide bonds. The van der Waals surface area contributed by atoms with Crippen molar-refractivity contribution in [1.82, 2.24) is 14.9 Å². The number of halogens is 1. The minimum Gasteiger partial charge on any atom is -0.488 e. The van der Waals surface area contributed by atoms with Gasteiger partial charge in [0.05, 0.1) is 23.0 Å². The molecular weight excluding hydrogens is 378 g/mol. The lowest BCUT2D eigenvalue weighted by atomic mass is 10.1. The molecule has 4 rings (SSSR count). The van der Waals surface area contributed by atoms with Crippen LogP contribution in [0.3, 0.4) is 0 Å². The zero-order valence-corrected chi connectivity index (χ0v) is 16.0. The van der Waals surface area contributed by atoms with Crippen molar-refractivity contribution < 1.29 is 9.53 Å². The average molecular weight is 396 g/mol. The number of H-pyrrole nitrogens is 1. The second kappa shape index (κ2) is 7.48. The Morgan fingerprint density at radius 2 is 2.11 bits per heavy atom. The van der Waals surface area contributed by atoms with Gasteiger partial charge in [0.15, 0.2) is 0 Å². The Kier molecular flexibility index (Phi) is 4.88. The third kappa shape index (κ3) is 3.51. The molecule has 7 heteroatoms. The second-order valence-electron chi connectivity index (χ2n) is 6.49. The van der Waals surface area contributed by atoms with E-state index in [1.165, 1.54) is 0 Å². The van der Waals surface area contributed by atoms with Crippen molar-refractivity contribution in [2.24, 2.45) is 0 Å². The summed E-state index contributed by atoms with van der Waals surface area (Å²) in [6.07, 6.45) is 1.80. The molecule has 2 heterocycles. The van der Waals surface area contributed by atoms with Gasteiger partial charge in [-0.05, 0) is 43.3 Å². The van der Waals surface area contributed by atoms with E-state index in [1.54, 1.807) is 47.4 Å². The van der Waals surface area contributed by atoms with Gasteiger partial charge in [-0.1, -0.05) is 23.7 Å². The SMILES string of the molecule is CCN(Cc1nc2ccccc2c(=O)[nH]1)C(=O)C1=Cc2cc(Cl)ccc2OC1. The summed E-state index contributed by atoms with van der Waals surface area (Å²) < 4.78 is 5.69. The largest absolute Gasteiger partial charge is 0.488 e. The van der Waals surface area contributed by atoms with E-state index >= 15 is 0 Å². The highest BCUT2D eigenvalue weighted by Crippen LogP contribution is 2.29. The molecule has 0 unspecified atom stereocenters. The van der Waals surface area contributed by atoms with Gasteiger partial charge >= 0.3 is 0 Å². The summed E-state index contributed by atoms with van der Waals surface area (Å²) in [5, 5.41) is 1.11. The van der Waals surface area contributed by atoms with Gasteiger partial charge in [0.1, 0.15) is 18.2 Å². The molecule has 0 saturated carbocycles. The first-order valence-corrected chi connectivity index (χ1v) is 9.33. The summed E-state index contributed by atoms with van der Waals surface area (Å²) >= 11 is 6.04. The number of aromatic nitrogens is 2. The van der Waals surface area contributed by atoms with E-state index in [4.69, 9.17) is 16.3 Å². The van der Waals surface area contributed by atoms with Crippen LogP contribution in [0.2, 0.25) is 5.02 Å². The van der Waals surface area contributed by atoms with Gasteiger partial charge in [0, 0.05) is 17.1 Å². The van der Waals surface area contributed by atoms with Gasteiger partial charge in [-0.25, -0.2) is 4.98 Å². The Bertz CT molecular complexity index is 1150. The Labute approximate surface area is 166 Å². The van der Waals surface area contributed by atoms with E-state index < -0.39 is 0 Å². The number of ether oxygens (including phenoxy) is 1. The van der Waals surface area contributed by atoms with E-state index in [0.717, 1.165) is 5.56 Å². The number of aromatic amines is 1. The summed E-state index contributed by atoms with van der Waals surface area (Å²) in [7, 11) is 0. The lowest BCUT2D eigenvalue weighted by molar-refractivity contribution is -0.127. The van der Waals surface area contributed by atoms with Crippen LogP contribution in [0.4, 0.5) is 0 Å². The fraction of sp³-hybridized carbons (Fsp3) is 0.190. The number of fused-ring (bicyclic) bond motifs is 2. The van der Waals surface area contributed by atoms with E-state index in [9.17, 15) is 9.59 Å². The van der Waals surface area contributed by atoms with Gasteiger partial charge in [-0.3, -0.25) is 9.59 Å². The van der Waals surface area contributed by atoms with Crippen LogP contribution in [0.25, 0.3) is 17.0 Å². The summed E-state index contributed by atoms with van der Waals surface area (Å²) in [5.41, 5.74) is 1.69. The molecule has 1 aliphatic heterocycles. The first kappa shape index (κ1) is 18.3. The Balaban J connectivity index is 1.61. The Morgan fingerprint density at radius 3 is 2.93 bits per heavy atom. The highest BCUT2D eigenvalue weighted by molar-refractivity contribution is 6.30. The second-order valence-corrected chi connectivity index (χ2v) is 6.93. The van der Waals surface area contributed by atoms with E-state index in [1.807, 2.05) is 13.0 Å². The summed E-state index contributed by atoms with van der Waals surface area (Å²) in [6.45, 7) is 2.74. The maximum Gasteiger partial charge on any atom is 0.258 e. The van der Waals surface area contributed by atoms with Gasteiger partial charge in [0.2, 0.25) is 0 Å². The summed E-state index contributed by atoms with van der Waals surface area (Å²) in [5.74, 6) is 0.980. The van der Waals surface area contributed by atoms with Crippen molar-refractivity contribution >= 4 is 34.5 Å². The highest BCUT2D eigenvalue weighted by Gasteiger charge is 2.22. The van der Waals surface area contributed by atoms with Gasteiger partial charge in [0.25, 0.3) is 11.5 Å². The lowest BCUT2D eigenvalue weighted by Gasteiger charge is -2.24. The molecule has 3 aromatic rings. The first-order valence-electron chi connectivity index (χ1n) is 8.95.